The van der Waals surface area contributed by atoms with Gasteiger partial charge in [0, 0.05) is 38.4 Å². The van der Waals surface area contributed by atoms with Crippen LogP contribution in [0.15, 0.2) is 31.0 Å². The summed E-state index contributed by atoms with van der Waals surface area (Å²) in [6.07, 6.45) is 3.84. The zero-order valence-corrected chi connectivity index (χ0v) is 11.1. The van der Waals surface area contributed by atoms with Crippen LogP contribution in [0.3, 0.4) is 0 Å². The van der Waals surface area contributed by atoms with Crippen LogP contribution in [0.25, 0.3) is 0 Å². The van der Waals surface area contributed by atoms with Gasteiger partial charge in [-0.25, -0.2) is 0 Å². The molecule has 1 aliphatic heterocycles. The van der Waals surface area contributed by atoms with E-state index in [0.29, 0.717) is 12.1 Å². The Labute approximate surface area is 113 Å². The van der Waals surface area contributed by atoms with Crippen molar-refractivity contribution >= 4 is 11.6 Å². The van der Waals surface area contributed by atoms with Crippen LogP contribution in [0.2, 0.25) is 0 Å². The maximum Gasteiger partial charge on any atom is 0.228 e. The Balaban J connectivity index is 1.84. The van der Waals surface area contributed by atoms with Crippen LogP contribution in [0.4, 0.5) is 5.69 Å². The molecule has 1 fully saturated rings. The van der Waals surface area contributed by atoms with Gasteiger partial charge in [-0.1, -0.05) is 6.08 Å². The highest BCUT2D eigenvalue weighted by Gasteiger charge is 2.20. The molecule has 5 nitrogen and oxygen atoms in total. The van der Waals surface area contributed by atoms with Crippen LogP contribution in [0, 0.1) is 0 Å². The zero-order valence-electron chi connectivity index (χ0n) is 11.1. The lowest BCUT2D eigenvalue weighted by Crippen LogP contribution is -2.49. The van der Waals surface area contributed by atoms with Gasteiger partial charge in [0.2, 0.25) is 5.91 Å². The summed E-state index contributed by atoms with van der Waals surface area (Å²) in [6, 6.07) is 3.58. The molecule has 1 aromatic heterocycles. The first-order valence-electron chi connectivity index (χ1n) is 6.50. The number of carbonyl (C=O) groups is 1. The highest BCUT2D eigenvalue weighted by Crippen LogP contribution is 2.07. The van der Waals surface area contributed by atoms with E-state index in [-0.39, 0.29) is 5.91 Å². The second-order valence-corrected chi connectivity index (χ2v) is 4.73. The number of nitrogen functional groups attached to an aromatic ring is 1. The van der Waals surface area contributed by atoms with Crippen molar-refractivity contribution in [2.24, 2.45) is 0 Å². The minimum absolute atomic E-state index is 0.135. The van der Waals surface area contributed by atoms with Crippen molar-refractivity contribution in [2.45, 2.75) is 6.42 Å². The normalized spacial score (nSPS) is 16.3. The molecule has 2 N–H and O–H groups in total. The number of rotatable bonds is 4. The van der Waals surface area contributed by atoms with Gasteiger partial charge >= 0.3 is 0 Å². The predicted molar refractivity (Wildman–Crippen MR) is 75.6 cm³/mol. The second kappa shape index (κ2) is 6.33. The van der Waals surface area contributed by atoms with E-state index in [0.717, 1.165) is 38.4 Å². The van der Waals surface area contributed by atoms with E-state index >= 15 is 0 Å². The standard InChI is InChI=1S/C14H20N4O/c1-2-5-17-6-8-18(9-7-17)14(19)10-13-4-3-12(15)11-16-13/h2-4,11H,1,5-10,15H2. The van der Waals surface area contributed by atoms with Gasteiger partial charge in [0.15, 0.2) is 0 Å². The van der Waals surface area contributed by atoms with Gasteiger partial charge in [0.25, 0.3) is 0 Å². The molecule has 1 amide bonds. The SMILES string of the molecule is C=CCN1CCN(C(=O)Cc2ccc(N)cn2)CC1. The summed E-state index contributed by atoms with van der Waals surface area (Å²) < 4.78 is 0. The van der Waals surface area contributed by atoms with Crippen LogP contribution in [0.5, 0.6) is 0 Å². The van der Waals surface area contributed by atoms with E-state index in [9.17, 15) is 4.79 Å². The number of anilines is 1. The molecular weight excluding hydrogens is 240 g/mol. The van der Waals surface area contributed by atoms with Gasteiger partial charge in [-0.3, -0.25) is 14.7 Å². The third-order valence-corrected chi connectivity index (χ3v) is 3.29. The Morgan fingerprint density at radius 1 is 1.37 bits per heavy atom. The summed E-state index contributed by atoms with van der Waals surface area (Å²) in [7, 11) is 0. The second-order valence-electron chi connectivity index (χ2n) is 4.73. The quantitative estimate of drug-likeness (QED) is 0.803. The van der Waals surface area contributed by atoms with Crippen molar-refractivity contribution < 1.29 is 4.79 Å². The number of piperazine rings is 1. The number of carbonyl (C=O) groups excluding carboxylic acids is 1. The molecule has 0 aliphatic carbocycles. The first-order valence-corrected chi connectivity index (χ1v) is 6.50. The maximum atomic E-state index is 12.1. The lowest BCUT2D eigenvalue weighted by atomic mass is 10.2. The Morgan fingerprint density at radius 3 is 2.68 bits per heavy atom. The molecule has 1 saturated heterocycles. The van der Waals surface area contributed by atoms with Gasteiger partial charge in [0.05, 0.1) is 18.3 Å². The molecule has 0 atom stereocenters. The minimum atomic E-state index is 0.135. The molecular formula is C14H20N4O. The van der Waals surface area contributed by atoms with Gasteiger partial charge < -0.3 is 10.6 Å². The van der Waals surface area contributed by atoms with E-state index in [1.54, 1.807) is 18.3 Å². The molecule has 0 saturated carbocycles. The van der Waals surface area contributed by atoms with Gasteiger partial charge in [0.1, 0.15) is 0 Å². The predicted octanol–water partition coefficient (Wildman–Crippen LogP) is 0.536. The summed E-state index contributed by atoms with van der Waals surface area (Å²) in [6.45, 7) is 8.00. The third kappa shape index (κ3) is 3.79. The highest BCUT2D eigenvalue weighted by molar-refractivity contribution is 5.78. The van der Waals surface area contributed by atoms with E-state index in [1.807, 2.05) is 11.0 Å². The fraction of sp³-hybridized carbons (Fsp3) is 0.429. The van der Waals surface area contributed by atoms with Gasteiger partial charge in [-0.2, -0.15) is 0 Å². The smallest absolute Gasteiger partial charge is 0.228 e. The monoisotopic (exact) mass is 260 g/mol. The molecule has 2 heterocycles. The Hall–Kier alpha value is -1.88. The molecule has 1 aliphatic rings. The summed E-state index contributed by atoms with van der Waals surface area (Å²) in [5.41, 5.74) is 6.96. The first-order chi connectivity index (χ1) is 9.19. The van der Waals surface area contributed by atoms with Crippen molar-refractivity contribution in [2.75, 3.05) is 38.5 Å². The van der Waals surface area contributed by atoms with E-state index in [1.165, 1.54) is 0 Å². The maximum absolute atomic E-state index is 12.1. The lowest BCUT2D eigenvalue weighted by molar-refractivity contribution is -0.132. The largest absolute Gasteiger partial charge is 0.397 e. The Bertz CT molecular complexity index is 435. The molecule has 0 radical (unpaired) electrons. The molecule has 0 unspecified atom stereocenters. The fourth-order valence-corrected chi connectivity index (χ4v) is 2.17. The summed E-state index contributed by atoms with van der Waals surface area (Å²) >= 11 is 0. The molecule has 19 heavy (non-hydrogen) atoms. The first kappa shape index (κ1) is 13.5. The van der Waals surface area contributed by atoms with Crippen LogP contribution >= 0.6 is 0 Å². The van der Waals surface area contributed by atoms with Crippen LogP contribution in [0.1, 0.15) is 5.69 Å². The van der Waals surface area contributed by atoms with Gasteiger partial charge in [-0.15, -0.1) is 6.58 Å². The number of aromatic nitrogens is 1. The number of amides is 1. The van der Waals surface area contributed by atoms with Crippen molar-refractivity contribution in [1.82, 2.24) is 14.8 Å². The molecule has 102 valence electrons. The molecule has 0 aromatic carbocycles. The number of nitrogens with zero attached hydrogens (tertiary/aromatic N) is 3. The number of hydrogen-bond donors (Lipinski definition) is 1. The van der Waals surface area contributed by atoms with E-state index in [2.05, 4.69) is 16.5 Å². The van der Waals surface area contributed by atoms with Crippen molar-refractivity contribution in [1.29, 1.82) is 0 Å². The average molecular weight is 260 g/mol. The van der Waals surface area contributed by atoms with E-state index < -0.39 is 0 Å². The Kier molecular flexibility index (Phi) is 4.52. The van der Waals surface area contributed by atoms with Crippen LogP contribution < -0.4 is 5.73 Å². The topological polar surface area (TPSA) is 62.5 Å². The third-order valence-electron chi connectivity index (χ3n) is 3.29. The number of pyridine rings is 1. The minimum Gasteiger partial charge on any atom is -0.397 e. The molecule has 1 aromatic rings. The lowest BCUT2D eigenvalue weighted by Gasteiger charge is -2.34. The van der Waals surface area contributed by atoms with E-state index in [4.69, 9.17) is 5.73 Å². The van der Waals surface area contributed by atoms with Crippen LogP contribution in [-0.4, -0.2) is 53.4 Å². The zero-order chi connectivity index (χ0) is 13.7. The highest BCUT2D eigenvalue weighted by atomic mass is 16.2. The summed E-state index contributed by atoms with van der Waals surface area (Å²) in [5, 5.41) is 0. The van der Waals surface area contributed by atoms with Crippen molar-refractivity contribution in [3.63, 3.8) is 0 Å². The van der Waals surface area contributed by atoms with Crippen LogP contribution in [-0.2, 0) is 11.2 Å². The fourth-order valence-electron chi connectivity index (χ4n) is 2.17. The Morgan fingerprint density at radius 2 is 2.11 bits per heavy atom. The van der Waals surface area contributed by atoms with Crippen molar-refractivity contribution in [3.05, 3.63) is 36.7 Å². The molecule has 5 heteroatoms. The number of hydrogen-bond acceptors (Lipinski definition) is 4. The summed E-state index contributed by atoms with van der Waals surface area (Å²) in [5.74, 6) is 0.135. The number of nitrogens with two attached hydrogens (primary N) is 1. The molecule has 2 rings (SSSR count). The summed E-state index contributed by atoms with van der Waals surface area (Å²) in [4.78, 5) is 20.5. The molecule has 0 spiro atoms. The average Bonchev–Trinajstić information content (AvgIpc) is 2.42. The van der Waals surface area contributed by atoms with Crippen molar-refractivity contribution in [3.8, 4) is 0 Å². The van der Waals surface area contributed by atoms with Gasteiger partial charge in [-0.05, 0) is 12.1 Å². The molecule has 0 bridgehead atoms.